The van der Waals surface area contributed by atoms with Gasteiger partial charge in [0.1, 0.15) is 30.4 Å². The highest BCUT2D eigenvalue weighted by atomic mass is 19.1. The molecule has 5 aromatic rings. The number of rotatable bonds is 19. The second-order valence-electron chi connectivity index (χ2n) is 16.6. The number of aliphatic hydroxyl groups is 1. The lowest BCUT2D eigenvalue weighted by Gasteiger charge is -2.35. The second-order valence-corrected chi connectivity index (χ2v) is 16.6. The smallest absolute Gasteiger partial charge is 0.238 e. The average Bonchev–Trinajstić information content (AvgIpc) is 3.31. The molecule has 2 saturated heterocycles. The molecule has 2 heterocycles. The molecule has 1 atom stereocenters. The molecule has 1 unspecified atom stereocenters. The van der Waals surface area contributed by atoms with Gasteiger partial charge in [-0.2, -0.15) is 0 Å². The Kier molecular flexibility index (Phi) is 19.1. The van der Waals surface area contributed by atoms with Crippen molar-refractivity contribution in [2.24, 2.45) is 0 Å². The van der Waals surface area contributed by atoms with Crippen LogP contribution >= 0.6 is 0 Å². The summed E-state index contributed by atoms with van der Waals surface area (Å²) in [5, 5.41) is 13.4. The number of carbonyl (C=O) groups is 1. The van der Waals surface area contributed by atoms with Crippen molar-refractivity contribution in [1.29, 1.82) is 0 Å². The Balaban J connectivity index is 0.000000213. The van der Waals surface area contributed by atoms with Gasteiger partial charge in [-0.15, -0.1) is 0 Å². The molecule has 0 saturated carbocycles. The standard InChI is InChI=1S/C28H32F2N2O.C24H33N3O4/c29-26-12-8-24(9-13-26)28(25-10-14-27(30)15-11-25)33-22-21-32-19-17-31(18-20-32)16-4-7-23-5-2-1-3-6-23;1-18-7-6-8-19(2)24(18)25-23(29)16-27-13-11-26(12-14-27)15-20(28)17-31-22-10-5-4-9-21(22)30-3/h1-3,5-6,8-15,28H,4,7,16-22H2;4-10,20,28H,11-17H2,1-3H3,(H,25,29). The lowest BCUT2D eigenvalue weighted by atomic mass is 10.0. The van der Waals surface area contributed by atoms with Gasteiger partial charge in [0.2, 0.25) is 5.91 Å². The molecule has 64 heavy (non-hydrogen) atoms. The monoisotopic (exact) mass is 877 g/mol. The van der Waals surface area contributed by atoms with Crippen LogP contribution < -0.4 is 14.8 Å². The summed E-state index contributed by atoms with van der Waals surface area (Å²) in [5.41, 5.74) is 6.19. The highest BCUT2D eigenvalue weighted by Crippen LogP contribution is 2.28. The number of para-hydroxylation sites is 3. The Morgan fingerprint density at radius 3 is 1.78 bits per heavy atom. The van der Waals surface area contributed by atoms with Crippen LogP contribution in [0.4, 0.5) is 14.5 Å². The molecule has 1 amide bonds. The van der Waals surface area contributed by atoms with E-state index in [2.05, 4.69) is 55.2 Å². The summed E-state index contributed by atoms with van der Waals surface area (Å²) < 4.78 is 44.0. The molecular weight excluding hydrogens is 813 g/mol. The van der Waals surface area contributed by atoms with Crippen molar-refractivity contribution < 1.29 is 32.9 Å². The van der Waals surface area contributed by atoms with E-state index in [1.165, 1.54) is 36.2 Å². The number of ether oxygens (including phenoxy) is 3. The number of piperazine rings is 2. The number of hydrogen-bond acceptors (Lipinski definition) is 9. The number of nitrogens with one attached hydrogen (secondary N) is 1. The molecule has 0 spiro atoms. The molecule has 2 N–H and O–H groups in total. The Labute approximate surface area is 378 Å². The van der Waals surface area contributed by atoms with Gasteiger partial charge in [-0.05, 0) is 97.4 Å². The van der Waals surface area contributed by atoms with E-state index >= 15 is 0 Å². The Bertz CT molecular complexity index is 2060. The van der Waals surface area contributed by atoms with Gasteiger partial charge < -0.3 is 29.5 Å². The summed E-state index contributed by atoms with van der Waals surface area (Å²) in [4.78, 5) is 21.8. The first kappa shape index (κ1) is 48.3. The van der Waals surface area contributed by atoms with E-state index in [1.807, 2.05) is 56.3 Å². The molecule has 2 fully saturated rings. The predicted molar refractivity (Wildman–Crippen MR) is 250 cm³/mol. The Morgan fingerprint density at radius 2 is 1.19 bits per heavy atom. The molecule has 0 radical (unpaired) electrons. The van der Waals surface area contributed by atoms with Crippen LogP contribution in [0, 0.1) is 25.5 Å². The topological polar surface area (TPSA) is 90.0 Å². The van der Waals surface area contributed by atoms with Crippen LogP contribution in [0.5, 0.6) is 11.5 Å². The summed E-state index contributed by atoms with van der Waals surface area (Å²) in [6.07, 6.45) is 1.38. The van der Waals surface area contributed by atoms with Crippen LogP contribution in [0.15, 0.2) is 121 Å². The lowest BCUT2D eigenvalue weighted by Crippen LogP contribution is -2.50. The first-order valence-electron chi connectivity index (χ1n) is 22.5. The fourth-order valence-corrected chi connectivity index (χ4v) is 8.15. The molecule has 2 aliphatic heterocycles. The van der Waals surface area contributed by atoms with Crippen LogP contribution in [-0.2, 0) is 16.0 Å². The van der Waals surface area contributed by atoms with Gasteiger partial charge >= 0.3 is 0 Å². The molecule has 5 aromatic carbocycles. The number of carbonyl (C=O) groups excluding carboxylic acids is 1. The minimum atomic E-state index is -0.594. The zero-order valence-electron chi connectivity index (χ0n) is 37.6. The maximum atomic E-state index is 13.4. The molecule has 7 rings (SSSR count). The molecule has 10 nitrogen and oxygen atoms in total. The van der Waals surface area contributed by atoms with Crippen molar-refractivity contribution in [3.8, 4) is 11.5 Å². The summed E-state index contributed by atoms with van der Waals surface area (Å²) in [6, 6.07) is 36.8. The first-order valence-corrected chi connectivity index (χ1v) is 22.5. The van der Waals surface area contributed by atoms with Crippen molar-refractivity contribution in [1.82, 2.24) is 19.6 Å². The highest BCUT2D eigenvalue weighted by molar-refractivity contribution is 5.93. The van der Waals surface area contributed by atoms with Gasteiger partial charge in [0.05, 0.1) is 20.3 Å². The van der Waals surface area contributed by atoms with Gasteiger partial charge in [0.15, 0.2) is 11.5 Å². The van der Waals surface area contributed by atoms with Crippen LogP contribution in [0.1, 0.15) is 40.3 Å². The molecule has 0 aromatic heterocycles. The van der Waals surface area contributed by atoms with Crippen molar-refractivity contribution in [3.63, 3.8) is 0 Å². The third-order valence-electron chi connectivity index (χ3n) is 11.8. The quantitative estimate of drug-likeness (QED) is 0.0870. The molecule has 12 heteroatoms. The number of anilines is 1. The van der Waals surface area contributed by atoms with Crippen LogP contribution in [0.3, 0.4) is 0 Å². The van der Waals surface area contributed by atoms with E-state index in [4.69, 9.17) is 14.2 Å². The fraction of sp³-hybridized carbons (Fsp3) is 0.404. The molecular formula is C52H65F2N5O5. The average molecular weight is 878 g/mol. The van der Waals surface area contributed by atoms with Crippen molar-refractivity contribution in [3.05, 3.63) is 161 Å². The predicted octanol–water partition coefficient (Wildman–Crippen LogP) is 7.63. The first-order chi connectivity index (χ1) is 31.1. The van der Waals surface area contributed by atoms with E-state index < -0.39 is 6.10 Å². The Hall–Kier alpha value is -5.21. The van der Waals surface area contributed by atoms with Gasteiger partial charge in [-0.3, -0.25) is 19.5 Å². The van der Waals surface area contributed by atoms with E-state index in [9.17, 15) is 18.7 Å². The van der Waals surface area contributed by atoms with Crippen LogP contribution in [0.2, 0.25) is 0 Å². The second kappa shape index (κ2) is 25.3. The molecule has 0 aliphatic carbocycles. The van der Waals surface area contributed by atoms with Crippen molar-refractivity contribution >= 4 is 11.6 Å². The Morgan fingerprint density at radius 1 is 0.656 bits per heavy atom. The van der Waals surface area contributed by atoms with E-state index in [-0.39, 0.29) is 30.3 Å². The zero-order valence-corrected chi connectivity index (χ0v) is 37.6. The van der Waals surface area contributed by atoms with Crippen molar-refractivity contribution in [2.45, 2.75) is 38.9 Å². The molecule has 2 aliphatic rings. The lowest BCUT2D eigenvalue weighted by molar-refractivity contribution is -0.117. The minimum absolute atomic E-state index is 0.0103. The van der Waals surface area contributed by atoms with E-state index in [1.54, 1.807) is 31.4 Å². The maximum absolute atomic E-state index is 13.4. The number of methoxy groups -OCH3 is 1. The number of amides is 1. The SMILES string of the molecule is COc1ccccc1OCC(O)CN1CCN(CC(=O)Nc2c(C)cccc2C)CC1.Fc1ccc(C(OCCN2CCN(CCCc3ccccc3)CC2)c2ccc(F)cc2)cc1. The number of aryl methyl sites for hydroxylation is 3. The number of aliphatic hydroxyl groups excluding tert-OH is 1. The third-order valence-corrected chi connectivity index (χ3v) is 11.8. The van der Waals surface area contributed by atoms with E-state index in [0.717, 1.165) is 99.8 Å². The highest BCUT2D eigenvalue weighted by Gasteiger charge is 2.23. The largest absolute Gasteiger partial charge is 0.493 e. The number of hydrogen-bond donors (Lipinski definition) is 2. The summed E-state index contributed by atoms with van der Waals surface area (Å²) in [7, 11) is 1.60. The number of halogens is 2. The zero-order chi connectivity index (χ0) is 45.1. The summed E-state index contributed by atoms with van der Waals surface area (Å²) in [5.74, 6) is 0.735. The van der Waals surface area contributed by atoms with Gasteiger partial charge in [0.25, 0.3) is 0 Å². The van der Waals surface area contributed by atoms with Gasteiger partial charge in [-0.1, -0.05) is 84.9 Å². The van der Waals surface area contributed by atoms with Gasteiger partial charge in [0, 0.05) is 71.1 Å². The summed E-state index contributed by atoms with van der Waals surface area (Å²) >= 11 is 0. The van der Waals surface area contributed by atoms with Crippen LogP contribution in [-0.4, -0.2) is 136 Å². The molecule has 0 bridgehead atoms. The minimum Gasteiger partial charge on any atom is -0.493 e. The summed E-state index contributed by atoms with van der Waals surface area (Å²) in [6.45, 7) is 15.1. The fourth-order valence-electron chi connectivity index (χ4n) is 8.15. The maximum Gasteiger partial charge on any atom is 0.238 e. The van der Waals surface area contributed by atoms with Crippen molar-refractivity contribution in [2.75, 3.05) is 104 Å². The third kappa shape index (κ3) is 15.5. The number of nitrogens with zero attached hydrogens (tertiary/aromatic N) is 4. The number of benzene rings is 5. The van der Waals surface area contributed by atoms with Crippen LogP contribution in [0.25, 0.3) is 0 Å². The number of β-amino-alcohol motifs (C(OH)–C–C–N with tert-alkyl or cyclic N) is 1. The van der Waals surface area contributed by atoms with Gasteiger partial charge in [-0.25, -0.2) is 8.78 Å². The molecule has 342 valence electrons. The van der Waals surface area contributed by atoms with E-state index in [0.29, 0.717) is 31.2 Å². The normalized spacial score (nSPS) is 15.6.